The van der Waals surface area contributed by atoms with Gasteiger partial charge in [-0.3, -0.25) is 0 Å². The molecular weight excluding hydrogens is 438 g/mol. The second-order valence-corrected chi connectivity index (χ2v) is 9.94. The molecule has 10 heteroatoms. The summed E-state index contributed by atoms with van der Waals surface area (Å²) in [5.74, 6) is 1.53. The second-order valence-electron chi connectivity index (χ2n) is 8.49. The molecule has 180 valence electrons. The average Bonchev–Trinajstić information content (AvgIpc) is 2.91. The SMILES string of the molecule is [2H]c1nc(N(C)CCCC2CCN(c3ncc(CC)cn3)CC2)nc2c1C([2H])N(S(=O)(=O)C([2H])[2H])C([2H])C2[2H]. The molecule has 2 aliphatic rings. The zero-order chi connectivity index (χ0) is 28.5. The number of nitrogens with zero attached hydrogens (tertiary/aromatic N) is 7. The Morgan fingerprint density at radius 2 is 2.03 bits per heavy atom. The first-order valence-corrected chi connectivity index (χ1v) is 12.7. The highest BCUT2D eigenvalue weighted by Gasteiger charge is 2.25. The van der Waals surface area contributed by atoms with Gasteiger partial charge in [-0.1, -0.05) is 6.92 Å². The Morgan fingerprint density at radius 3 is 2.73 bits per heavy atom. The molecule has 33 heavy (non-hydrogen) atoms. The number of hydrogen-bond donors (Lipinski definition) is 0. The minimum Gasteiger partial charge on any atom is -0.344 e. The van der Waals surface area contributed by atoms with E-state index >= 15 is 0 Å². The van der Waals surface area contributed by atoms with Crippen molar-refractivity contribution in [3.8, 4) is 0 Å². The third kappa shape index (κ3) is 5.97. The van der Waals surface area contributed by atoms with E-state index in [2.05, 4.69) is 31.8 Å². The summed E-state index contributed by atoms with van der Waals surface area (Å²) in [7, 11) is -2.87. The van der Waals surface area contributed by atoms with Gasteiger partial charge in [0, 0.05) is 77.1 Å². The van der Waals surface area contributed by atoms with Crippen LogP contribution in [0.3, 0.4) is 0 Å². The molecule has 9 nitrogen and oxygen atoms in total. The fraction of sp³-hybridized carbons (Fsp3) is 0.652. The van der Waals surface area contributed by atoms with Gasteiger partial charge in [-0.05, 0) is 43.6 Å². The highest BCUT2D eigenvalue weighted by atomic mass is 32.2. The lowest BCUT2D eigenvalue weighted by Crippen LogP contribution is -2.36. The van der Waals surface area contributed by atoms with E-state index < -0.39 is 35.7 Å². The summed E-state index contributed by atoms with van der Waals surface area (Å²) in [6.45, 7) is 0.982. The van der Waals surface area contributed by atoms with Crippen molar-refractivity contribution in [3.05, 3.63) is 35.4 Å². The molecule has 3 atom stereocenters. The number of hydrogen-bond acceptors (Lipinski definition) is 8. The molecule has 1 saturated heterocycles. The van der Waals surface area contributed by atoms with E-state index in [0.29, 0.717) is 16.8 Å². The smallest absolute Gasteiger partial charge is 0.225 e. The molecule has 0 bridgehead atoms. The summed E-state index contributed by atoms with van der Waals surface area (Å²) in [6.07, 6.45) is 4.41. The molecule has 3 unspecified atom stereocenters. The number of aromatic nitrogens is 4. The molecule has 4 rings (SSSR count). The van der Waals surface area contributed by atoms with E-state index in [1.807, 2.05) is 12.4 Å². The van der Waals surface area contributed by atoms with Crippen LogP contribution in [-0.4, -0.2) is 72.1 Å². The highest BCUT2D eigenvalue weighted by molar-refractivity contribution is 7.88. The molecule has 0 aliphatic carbocycles. The summed E-state index contributed by atoms with van der Waals surface area (Å²) in [5, 5.41) is 0. The number of aryl methyl sites for hydroxylation is 2. The van der Waals surface area contributed by atoms with Crippen LogP contribution < -0.4 is 9.80 Å². The summed E-state index contributed by atoms with van der Waals surface area (Å²) in [4.78, 5) is 21.5. The van der Waals surface area contributed by atoms with Crippen molar-refractivity contribution < 1.29 is 16.6 Å². The third-order valence-corrected chi connectivity index (χ3v) is 6.96. The first-order valence-electron chi connectivity index (χ1n) is 14.6. The van der Waals surface area contributed by atoms with Crippen LogP contribution in [0, 0.1) is 5.92 Å². The minimum atomic E-state index is -4.65. The van der Waals surface area contributed by atoms with Gasteiger partial charge in [-0.15, -0.1) is 0 Å². The summed E-state index contributed by atoms with van der Waals surface area (Å²) >= 11 is 0. The van der Waals surface area contributed by atoms with Crippen molar-refractivity contribution in [2.75, 3.05) is 49.2 Å². The van der Waals surface area contributed by atoms with Crippen molar-refractivity contribution in [1.29, 1.82) is 0 Å². The van der Waals surface area contributed by atoms with Crippen LogP contribution >= 0.6 is 0 Å². The van der Waals surface area contributed by atoms with E-state index in [1.54, 1.807) is 11.9 Å². The van der Waals surface area contributed by atoms with Crippen LogP contribution in [0.1, 0.15) is 57.7 Å². The normalized spacial score (nSPS) is 27.1. The van der Waals surface area contributed by atoms with Crippen LogP contribution in [0.15, 0.2) is 18.6 Å². The average molecular weight is 480 g/mol. The van der Waals surface area contributed by atoms with Crippen molar-refractivity contribution in [1.82, 2.24) is 24.2 Å². The molecule has 2 aromatic rings. The fourth-order valence-corrected chi connectivity index (χ4v) is 4.54. The first kappa shape index (κ1) is 17.2. The van der Waals surface area contributed by atoms with Gasteiger partial charge in [0.15, 0.2) is 0 Å². The van der Waals surface area contributed by atoms with Crippen LogP contribution in [-0.2, 0) is 29.4 Å². The molecule has 0 radical (unpaired) electrons. The second kappa shape index (κ2) is 10.3. The maximum absolute atomic E-state index is 12.4. The number of anilines is 2. The van der Waals surface area contributed by atoms with Gasteiger partial charge in [0.1, 0.15) is 0 Å². The number of fused-ring (bicyclic) bond motifs is 1. The van der Waals surface area contributed by atoms with Gasteiger partial charge in [0.25, 0.3) is 0 Å². The van der Waals surface area contributed by atoms with Crippen LogP contribution in [0.5, 0.6) is 0 Å². The summed E-state index contributed by atoms with van der Waals surface area (Å²) in [6, 6.07) is 0. The van der Waals surface area contributed by atoms with E-state index in [-0.39, 0.29) is 23.4 Å². The lowest BCUT2D eigenvalue weighted by atomic mass is 9.92. The Labute approximate surface area is 205 Å². The Hall–Kier alpha value is -2.33. The number of rotatable bonds is 8. The Morgan fingerprint density at radius 1 is 1.27 bits per heavy atom. The maximum Gasteiger partial charge on any atom is 0.225 e. The Kier molecular flexibility index (Phi) is 5.35. The third-order valence-electron chi connectivity index (χ3n) is 6.15. The Balaban J connectivity index is 1.36. The first-order chi connectivity index (χ1) is 18.4. The van der Waals surface area contributed by atoms with Gasteiger partial charge in [-0.25, -0.2) is 28.4 Å². The summed E-state index contributed by atoms with van der Waals surface area (Å²) in [5.41, 5.74) is 0.910. The zero-order valence-electron chi connectivity index (χ0n) is 25.1. The van der Waals surface area contributed by atoms with E-state index in [0.717, 1.165) is 56.7 Å². The van der Waals surface area contributed by atoms with Crippen molar-refractivity contribution in [2.45, 2.75) is 51.9 Å². The lowest BCUT2D eigenvalue weighted by Gasteiger charge is -2.32. The molecule has 0 saturated carbocycles. The molecule has 4 heterocycles. The standard InChI is InChI=1S/C23H35N7O2S/c1-4-18-14-24-22(25-15-18)29-11-7-19(8-12-29)6-5-10-28(2)23-26-16-20-17-30(33(3,31)32)13-9-21(20)27-23/h14-16,19H,4-13,17H2,1-3H3/i3D2,9D,13D,16D,17D. The molecule has 1 fully saturated rings. The van der Waals surface area contributed by atoms with Crippen LogP contribution in [0.4, 0.5) is 11.9 Å². The van der Waals surface area contributed by atoms with Crippen LogP contribution in [0.25, 0.3) is 0 Å². The van der Waals surface area contributed by atoms with Gasteiger partial charge < -0.3 is 9.80 Å². The quantitative estimate of drug-likeness (QED) is 0.569. The van der Waals surface area contributed by atoms with Gasteiger partial charge in [0.05, 0.1) is 13.3 Å². The predicted molar refractivity (Wildman–Crippen MR) is 130 cm³/mol. The van der Waals surface area contributed by atoms with Crippen molar-refractivity contribution in [3.63, 3.8) is 0 Å². The van der Waals surface area contributed by atoms with Crippen molar-refractivity contribution >= 4 is 21.9 Å². The van der Waals surface area contributed by atoms with Crippen molar-refractivity contribution in [2.24, 2.45) is 5.92 Å². The molecule has 0 N–H and O–H groups in total. The molecule has 2 aliphatic heterocycles. The zero-order valence-corrected chi connectivity index (χ0v) is 19.9. The maximum atomic E-state index is 12.4. The predicted octanol–water partition coefficient (Wildman–Crippen LogP) is 2.28. The van der Waals surface area contributed by atoms with E-state index in [1.165, 1.54) is 0 Å². The Bertz CT molecular complexity index is 1250. The number of sulfonamides is 1. The van der Waals surface area contributed by atoms with E-state index in [4.69, 9.17) is 8.22 Å². The largest absolute Gasteiger partial charge is 0.344 e. The van der Waals surface area contributed by atoms with E-state index in [9.17, 15) is 8.42 Å². The molecular formula is C23H35N7O2S. The molecule has 2 aromatic heterocycles. The molecule has 0 amide bonds. The molecule has 0 aromatic carbocycles. The van der Waals surface area contributed by atoms with Gasteiger partial charge >= 0.3 is 0 Å². The summed E-state index contributed by atoms with van der Waals surface area (Å²) < 4.78 is 73.1. The topological polar surface area (TPSA) is 95.4 Å². The minimum absolute atomic E-state index is 0.0311. The van der Waals surface area contributed by atoms with Crippen LogP contribution in [0.2, 0.25) is 0 Å². The van der Waals surface area contributed by atoms with Gasteiger partial charge in [0.2, 0.25) is 21.9 Å². The van der Waals surface area contributed by atoms with Gasteiger partial charge in [-0.2, -0.15) is 4.31 Å². The fourth-order valence-electron chi connectivity index (χ4n) is 4.06. The molecule has 0 spiro atoms. The monoisotopic (exact) mass is 479 g/mol. The lowest BCUT2D eigenvalue weighted by molar-refractivity contribution is 0.371. The number of piperidine rings is 1. The highest BCUT2D eigenvalue weighted by Crippen LogP contribution is 2.25.